The molecule has 38 heavy (non-hydrogen) atoms. The zero-order valence-corrected chi connectivity index (χ0v) is 21.9. The Morgan fingerprint density at radius 1 is 1.24 bits per heavy atom. The molecule has 0 spiro atoms. The fourth-order valence-electron chi connectivity index (χ4n) is 4.07. The number of likely N-dealkylation sites (N-methyl/N-ethyl adjacent to an activating group) is 1. The zero-order valence-electron chi connectivity index (χ0n) is 21.9. The summed E-state index contributed by atoms with van der Waals surface area (Å²) in [6.45, 7) is 5.00. The third kappa shape index (κ3) is 5.58. The van der Waals surface area contributed by atoms with Crippen LogP contribution in [0.4, 0.5) is 23.0 Å². The van der Waals surface area contributed by atoms with Crippen molar-refractivity contribution >= 4 is 39.8 Å². The molecule has 10 nitrogen and oxygen atoms in total. The lowest BCUT2D eigenvalue weighted by Gasteiger charge is -2.19. The molecule has 2 aromatic heterocycles. The number of fused-ring (bicyclic) bond motifs is 1. The van der Waals surface area contributed by atoms with E-state index >= 15 is 0 Å². The molecule has 0 radical (unpaired) electrons. The maximum absolute atomic E-state index is 12.1. The van der Waals surface area contributed by atoms with Crippen LogP contribution in [0.3, 0.4) is 0 Å². The van der Waals surface area contributed by atoms with Gasteiger partial charge in [0.1, 0.15) is 11.8 Å². The minimum atomic E-state index is -0.343. The van der Waals surface area contributed by atoms with Crippen molar-refractivity contribution in [3.8, 4) is 23.1 Å². The summed E-state index contributed by atoms with van der Waals surface area (Å²) < 4.78 is 7.64. The monoisotopic (exact) mass is 510 g/mol. The predicted molar refractivity (Wildman–Crippen MR) is 151 cm³/mol. The van der Waals surface area contributed by atoms with Crippen molar-refractivity contribution in [3.05, 3.63) is 67.0 Å². The number of aromatic nitrogens is 3. The second-order valence-electron chi connectivity index (χ2n) is 8.89. The number of ether oxygens (including phenoxy) is 1. The molecule has 0 saturated heterocycles. The lowest BCUT2D eigenvalue weighted by atomic mass is 10.1. The summed E-state index contributed by atoms with van der Waals surface area (Å²) in [4.78, 5) is 23.3. The molecule has 0 bridgehead atoms. The highest BCUT2D eigenvalue weighted by Crippen LogP contribution is 2.37. The number of hydrogen-bond donors (Lipinski definition) is 3. The molecule has 0 aliphatic heterocycles. The van der Waals surface area contributed by atoms with Crippen LogP contribution in [0, 0.1) is 11.3 Å². The Hall–Kier alpha value is -4.88. The van der Waals surface area contributed by atoms with E-state index in [1.807, 2.05) is 56.2 Å². The number of benzene rings is 2. The van der Waals surface area contributed by atoms with Crippen molar-refractivity contribution in [1.82, 2.24) is 19.4 Å². The molecule has 0 atom stereocenters. The Morgan fingerprint density at radius 2 is 2.03 bits per heavy atom. The fraction of sp³-hybridized carbons (Fsp3) is 0.214. The van der Waals surface area contributed by atoms with Crippen LogP contribution in [0.1, 0.15) is 5.56 Å². The van der Waals surface area contributed by atoms with Crippen molar-refractivity contribution < 1.29 is 9.53 Å². The summed E-state index contributed by atoms with van der Waals surface area (Å²) in [5.74, 6) is 0.456. The Labute approximate surface area is 221 Å². The zero-order chi connectivity index (χ0) is 27.2. The van der Waals surface area contributed by atoms with Gasteiger partial charge in [-0.25, -0.2) is 9.97 Å². The molecule has 1 amide bonds. The number of amides is 1. The average Bonchev–Trinajstić information content (AvgIpc) is 3.25. The number of carbonyl (C=O) groups excluding carboxylic acids is 1. The van der Waals surface area contributed by atoms with Gasteiger partial charge in [0.2, 0.25) is 11.9 Å². The SMILES string of the molecule is C=CC(=O)Nc1cc(Nc2ncc(C#N)c(-c3cn(C)c4ccccc34)n2)c(OC)cc1NCCN(C)C. The highest BCUT2D eigenvalue weighted by molar-refractivity contribution is 6.02. The quantitative estimate of drug-likeness (QED) is 0.269. The van der Waals surface area contributed by atoms with Crippen LogP contribution in [0.25, 0.3) is 22.2 Å². The van der Waals surface area contributed by atoms with Gasteiger partial charge >= 0.3 is 0 Å². The minimum Gasteiger partial charge on any atom is -0.494 e. The standard InChI is InChI=1S/C28H30N8O2/c1-6-26(37)32-22-13-23(25(38-5)14-21(22)30-11-12-35(2)3)33-28-31-16-18(15-29)27(34-28)20-17-36(4)24-10-8-7-9-19(20)24/h6-10,13-14,16-17,30H,1,11-12H2,2-5H3,(H,32,37)(H,31,33,34). The minimum absolute atomic E-state index is 0.277. The Balaban J connectivity index is 1.74. The fourth-order valence-corrected chi connectivity index (χ4v) is 4.07. The molecule has 0 aliphatic carbocycles. The number of hydrogen-bond acceptors (Lipinski definition) is 8. The van der Waals surface area contributed by atoms with E-state index in [-0.39, 0.29) is 11.9 Å². The van der Waals surface area contributed by atoms with Crippen molar-refractivity contribution in [1.29, 1.82) is 5.26 Å². The number of anilines is 4. The van der Waals surface area contributed by atoms with Gasteiger partial charge in [0.15, 0.2) is 0 Å². The summed E-state index contributed by atoms with van der Waals surface area (Å²) >= 11 is 0. The van der Waals surface area contributed by atoms with E-state index in [9.17, 15) is 10.1 Å². The summed E-state index contributed by atoms with van der Waals surface area (Å²) in [7, 11) is 7.49. The number of nitriles is 1. The van der Waals surface area contributed by atoms with Crippen LogP contribution in [-0.2, 0) is 11.8 Å². The van der Waals surface area contributed by atoms with E-state index in [1.165, 1.54) is 12.3 Å². The van der Waals surface area contributed by atoms with Gasteiger partial charge in [0.25, 0.3) is 0 Å². The lowest BCUT2D eigenvalue weighted by molar-refractivity contribution is -0.111. The highest BCUT2D eigenvalue weighted by atomic mass is 16.5. The van der Waals surface area contributed by atoms with Gasteiger partial charge < -0.3 is 30.2 Å². The van der Waals surface area contributed by atoms with E-state index in [0.29, 0.717) is 40.6 Å². The molecule has 3 N–H and O–H groups in total. The van der Waals surface area contributed by atoms with Gasteiger partial charge in [-0.3, -0.25) is 4.79 Å². The van der Waals surface area contributed by atoms with E-state index in [2.05, 4.69) is 38.5 Å². The molecule has 2 aromatic carbocycles. The molecular formula is C28H30N8O2. The van der Waals surface area contributed by atoms with Crippen molar-refractivity contribution in [2.24, 2.45) is 7.05 Å². The lowest BCUT2D eigenvalue weighted by Crippen LogP contribution is -2.21. The van der Waals surface area contributed by atoms with E-state index in [4.69, 9.17) is 9.72 Å². The largest absolute Gasteiger partial charge is 0.494 e. The molecule has 0 aliphatic rings. The van der Waals surface area contributed by atoms with E-state index in [1.54, 1.807) is 19.2 Å². The highest BCUT2D eigenvalue weighted by Gasteiger charge is 2.17. The van der Waals surface area contributed by atoms with Gasteiger partial charge in [-0.1, -0.05) is 24.8 Å². The number of para-hydroxylation sites is 1. The molecule has 4 rings (SSSR count). The first-order valence-corrected chi connectivity index (χ1v) is 12.0. The Bertz CT molecular complexity index is 1530. The van der Waals surface area contributed by atoms with E-state index < -0.39 is 0 Å². The van der Waals surface area contributed by atoms with Crippen LogP contribution in [0.2, 0.25) is 0 Å². The van der Waals surface area contributed by atoms with Gasteiger partial charge in [-0.15, -0.1) is 0 Å². The number of carbonyl (C=O) groups is 1. The Kier molecular flexibility index (Phi) is 7.89. The normalized spacial score (nSPS) is 10.7. The molecule has 194 valence electrons. The number of nitrogens with zero attached hydrogens (tertiary/aromatic N) is 5. The second-order valence-corrected chi connectivity index (χ2v) is 8.89. The van der Waals surface area contributed by atoms with Crippen LogP contribution in [-0.4, -0.2) is 59.6 Å². The third-order valence-corrected chi connectivity index (χ3v) is 5.97. The molecule has 0 unspecified atom stereocenters. The first kappa shape index (κ1) is 26.2. The summed E-state index contributed by atoms with van der Waals surface area (Å²) in [6, 6.07) is 13.7. The maximum atomic E-state index is 12.1. The number of methoxy groups -OCH3 is 1. The van der Waals surface area contributed by atoms with Crippen LogP contribution >= 0.6 is 0 Å². The summed E-state index contributed by atoms with van der Waals surface area (Å²) in [5, 5.41) is 20.1. The van der Waals surface area contributed by atoms with Crippen molar-refractivity contribution in [3.63, 3.8) is 0 Å². The first-order chi connectivity index (χ1) is 18.3. The topological polar surface area (TPSA) is 120 Å². The molecular weight excluding hydrogens is 480 g/mol. The summed E-state index contributed by atoms with van der Waals surface area (Å²) in [5.41, 5.74) is 4.51. The number of rotatable bonds is 10. The second kappa shape index (κ2) is 11.5. The van der Waals surface area contributed by atoms with Gasteiger partial charge in [-0.2, -0.15) is 5.26 Å². The van der Waals surface area contributed by atoms with Crippen molar-refractivity contribution in [2.75, 3.05) is 50.2 Å². The van der Waals surface area contributed by atoms with Gasteiger partial charge in [0, 0.05) is 48.9 Å². The van der Waals surface area contributed by atoms with Gasteiger partial charge in [-0.05, 0) is 32.3 Å². The summed E-state index contributed by atoms with van der Waals surface area (Å²) in [6.07, 6.45) is 4.66. The molecule has 2 heterocycles. The molecule has 0 saturated carbocycles. The smallest absolute Gasteiger partial charge is 0.247 e. The van der Waals surface area contributed by atoms with Gasteiger partial charge in [0.05, 0.1) is 41.6 Å². The number of aryl methyl sites for hydroxylation is 1. The van der Waals surface area contributed by atoms with Crippen LogP contribution in [0.15, 0.2) is 61.4 Å². The van der Waals surface area contributed by atoms with E-state index in [0.717, 1.165) is 23.0 Å². The predicted octanol–water partition coefficient (Wildman–Crippen LogP) is 4.36. The van der Waals surface area contributed by atoms with Crippen LogP contribution in [0.5, 0.6) is 5.75 Å². The Morgan fingerprint density at radius 3 is 2.74 bits per heavy atom. The maximum Gasteiger partial charge on any atom is 0.247 e. The van der Waals surface area contributed by atoms with Crippen LogP contribution < -0.4 is 20.7 Å². The molecule has 0 fully saturated rings. The number of nitrogens with one attached hydrogen (secondary N) is 3. The molecule has 4 aromatic rings. The van der Waals surface area contributed by atoms with Crippen molar-refractivity contribution in [2.45, 2.75) is 0 Å². The molecule has 10 heteroatoms. The third-order valence-electron chi connectivity index (χ3n) is 5.97. The average molecular weight is 511 g/mol. The first-order valence-electron chi connectivity index (χ1n) is 12.0.